The van der Waals surface area contributed by atoms with E-state index in [1.807, 2.05) is 42.5 Å². The lowest BCUT2D eigenvalue weighted by Gasteiger charge is -2.08. The minimum absolute atomic E-state index is 0.252. The largest absolute Gasteiger partial charge is 0.272 e. The van der Waals surface area contributed by atoms with Gasteiger partial charge in [-0.05, 0) is 55.7 Å². The van der Waals surface area contributed by atoms with Gasteiger partial charge >= 0.3 is 0 Å². The van der Waals surface area contributed by atoms with Crippen LogP contribution in [-0.2, 0) is 0 Å². The van der Waals surface area contributed by atoms with Crippen LogP contribution in [0, 0.1) is 0 Å². The van der Waals surface area contributed by atoms with Crippen molar-refractivity contribution in [2.45, 2.75) is 0 Å². The van der Waals surface area contributed by atoms with Crippen molar-refractivity contribution in [3.8, 4) is 0 Å². The van der Waals surface area contributed by atoms with Crippen LogP contribution in [0.2, 0.25) is 0 Å². The molecular formula is C22H15BrN2O. The monoisotopic (exact) mass is 402 g/mol. The third kappa shape index (κ3) is 3.11. The van der Waals surface area contributed by atoms with E-state index in [0.29, 0.717) is 5.56 Å². The number of rotatable bonds is 3. The van der Waals surface area contributed by atoms with Gasteiger partial charge in [0.2, 0.25) is 0 Å². The molecule has 0 atom stereocenters. The minimum atomic E-state index is -0.252. The molecule has 4 aromatic rings. The molecule has 0 spiro atoms. The normalized spacial score (nSPS) is 11.3. The Morgan fingerprint density at radius 2 is 1.42 bits per heavy atom. The Kier molecular flexibility index (Phi) is 4.50. The second-order valence-corrected chi connectivity index (χ2v) is 6.77. The first-order valence-corrected chi connectivity index (χ1v) is 9.02. The van der Waals surface area contributed by atoms with Crippen molar-refractivity contribution in [1.29, 1.82) is 0 Å². The van der Waals surface area contributed by atoms with Gasteiger partial charge in [-0.15, -0.1) is 0 Å². The number of halogens is 1. The second-order valence-electron chi connectivity index (χ2n) is 5.91. The number of nitrogens with one attached hydrogen (secondary N) is 1. The molecule has 0 heterocycles. The molecule has 0 aliphatic heterocycles. The van der Waals surface area contributed by atoms with E-state index in [1.54, 1.807) is 12.3 Å². The summed E-state index contributed by atoms with van der Waals surface area (Å²) in [5.41, 5.74) is 4.16. The number of amides is 1. The number of hydrogen-bond donors (Lipinski definition) is 1. The van der Waals surface area contributed by atoms with Crippen molar-refractivity contribution in [2.75, 3.05) is 0 Å². The summed E-state index contributed by atoms with van der Waals surface area (Å²) in [5.74, 6) is -0.252. The molecule has 26 heavy (non-hydrogen) atoms. The van der Waals surface area contributed by atoms with Crippen molar-refractivity contribution in [1.82, 2.24) is 5.43 Å². The predicted octanol–water partition coefficient (Wildman–Crippen LogP) is 5.52. The molecule has 0 unspecified atom stereocenters. The number of benzene rings is 4. The molecule has 1 amide bonds. The van der Waals surface area contributed by atoms with E-state index in [0.717, 1.165) is 31.6 Å². The number of fused-ring (bicyclic) bond motifs is 2. The Hall–Kier alpha value is -2.98. The SMILES string of the molecule is O=C(N/N=C/c1c2ccccc2cc2ccccc12)c1ccccc1Br. The maximum atomic E-state index is 12.3. The molecule has 126 valence electrons. The maximum absolute atomic E-state index is 12.3. The molecule has 0 saturated carbocycles. The van der Waals surface area contributed by atoms with Crippen molar-refractivity contribution < 1.29 is 4.79 Å². The van der Waals surface area contributed by atoms with Crippen molar-refractivity contribution in [3.63, 3.8) is 0 Å². The quantitative estimate of drug-likeness (QED) is 0.273. The van der Waals surface area contributed by atoms with Crippen molar-refractivity contribution in [3.05, 3.63) is 94.5 Å². The van der Waals surface area contributed by atoms with Gasteiger partial charge in [0.05, 0.1) is 11.8 Å². The van der Waals surface area contributed by atoms with Crippen LogP contribution in [0.1, 0.15) is 15.9 Å². The van der Waals surface area contributed by atoms with Crippen LogP contribution in [0.3, 0.4) is 0 Å². The summed E-state index contributed by atoms with van der Waals surface area (Å²) >= 11 is 3.39. The summed E-state index contributed by atoms with van der Waals surface area (Å²) < 4.78 is 0.739. The van der Waals surface area contributed by atoms with Gasteiger partial charge in [-0.1, -0.05) is 60.7 Å². The molecular weight excluding hydrogens is 388 g/mol. The zero-order valence-corrected chi connectivity index (χ0v) is 15.4. The zero-order chi connectivity index (χ0) is 17.9. The fourth-order valence-electron chi connectivity index (χ4n) is 3.05. The lowest BCUT2D eigenvalue weighted by atomic mass is 9.97. The number of hydrazone groups is 1. The van der Waals surface area contributed by atoms with E-state index in [2.05, 4.69) is 56.8 Å². The van der Waals surface area contributed by atoms with Gasteiger partial charge in [0.1, 0.15) is 0 Å². The molecule has 0 saturated heterocycles. The molecule has 4 heteroatoms. The van der Waals surface area contributed by atoms with Gasteiger partial charge in [-0.3, -0.25) is 4.79 Å². The maximum Gasteiger partial charge on any atom is 0.272 e. The van der Waals surface area contributed by atoms with Gasteiger partial charge in [0.15, 0.2) is 0 Å². The molecule has 0 aliphatic rings. The number of carbonyl (C=O) groups excluding carboxylic acids is 1. The number of carbonyl (C=O) groups is 1. The molecule has 4 aromatic carbocycles. The lowest BCUT2D eigenvalue weighted by molar-refractivity contribution is 0.0954. The average Bonchev–Trinajstić information content (AvgIpc) is 2.67. The fraction of sp³-hybridized carbons (Fsp3) is 0. The molecule has 3 nitrogen and oxygen atoms in total. The lowest BCUT2D eigenvalue weighted by Crippen LogP contribution is -2.18. The van der Waals surface area contributed by atoms with Gasteiger partial charge in [0.25, 0.3) is 5.91 Å². The summed E-state index contributed by atoms with van der Waals surface area (Å²) in [6, 6.07) is 25.8. The third-order valence-corrected chi connectivity index (χ3v) is 4.98. The number of nitrogens with zero attached hydrogens (tertiary/aromatic N) is 1. The van der Waals surface area contributed by atoms with Gasteiger partial charge in [-0.2, -0.15) is 5.10 Å². The highest BCUT2D eigenvalue weighted by molar-refractivity contribution is 9.10. The van der Waals surface area contributed by atoms with E-state index >= 15 is 0 Å². The average molecular weight is 403 g/mol. The summed E-state index contributed by atoms with van der Waals surface area (Å²) in [6.45, 7) is 0. The molecule has 0 radical (unpaired) electrons. The molecule has 0 aromatic heterocycles. The summed E-state index contributed by atoms with van der Waals surface area (Å²) in [5, 5.41) is 8.70. The molecule has 0 aliphatic carbocycles. The Bertz CT molecular complexity index is 1100. The van der Waals surface area contributed by atoms with E-state index in [1.165, 1.54) is 0 Å². The summed E-state index contributed by atoms with van der Waals surface area (Å²) in [6.07, 6.45) is 1.72. The summed E-state index contributed by atoms with van der Waals surface area (Å²) in [4.78, 5) is 12.3. The van der Waals surface area contributed by atoms with Crippen LogP contribution >= 0.6 is 15.9 Å². The van der Waals surface area contributed by atoms with Gasteiger partial charge in [0, 0.05) is 10.0 Å². The standard InChI is InChI=1S/C22H15BrN2O/c23-21-12-6-5-11-19(21)22(26)25-24-14-20-17-9-3-1-7-15(17)13-16-8-2-4-10-18(16)20/h1-14H,(H,25,26)/b24-14+. The van der Waals surface area contributed by atoms with Crippen molar-refractivity contribution in [2.24, 2.45) is 5.10 Å². The van der Waals surface area contributed by atoms with Crippen LogP contribution in [-0.4, -0.2) is 12.1 Å². The smallest absolute Gasteiger partial charge is 0.267 e. The van der Waals surface area contributed by atoms with Crippen molar-refractivity contribution >= 4 is 49.6 Å². The van der Waals surface area contributed by atoms with Crippen LogP contribution in [0.15, 0.2) is 88.4 Å². The van der Waals surface area contributed by atoms with E-state index < -0.39 is 0 Å². The Morgan fingerprint density at radius 3 is 2.08 bits per heavy atom. The van der Waals surface area contributed by atoms with Crippen LogP contribution in [0.4, 0.5) is 0 Å². The molecule has 1 N–H and O–H groups in total. The highest BCUT2D eigenvalue weighted by Gasteiger charge is 2.08. The Morgan fingerprint density at radius 1 is 0.846 bits per heavy atom. The van der Waals surface area contributed by atoms with Crippen LogP contribution in [0.5, 0.6) is 0 Å². The first-order chi connectivity index (χ1) is 12.7. The van der Waals surface area contributed by atoms with E-state index in [4.69, 9.17) is 0 Å². The van der Waals surface area contributed by atoms with E-state index in [9.17, 15) is 4.79 Å². The van der Waals surface area contributed by atoms with Gasteiger partial charge in [-0.25, -0.2) is 5.43 Å². The first-order valence-electron chi connectivity index (χ1n) is 8.22. The Labute approximate surface area is 159 Å². The van der Waals surface area contributed by atoms with Crippen LogP contribution < -0.4 is 5.43 Å². The second kappa shape index (κ2) is 7.10. The fourth-order valence-corrected chi connectivity index (χ4v) is 3.51. The van der Waals surface area contributed by atoms with E-state index in [-0.39, 0.29) is 5.91 Å². The first kappa shape index (κ1) is 16.5. The zero-order valence-electron chi connectivity index (χ0n) is 13.8. The third-order valence-electron chi connectivity index (χ3n) is 4.29. The minimum Gasteiger partial charge on any atom is -0.267 e. The number of hydrogen-bond acceptors (Lipinski definition) is 2. The topological polar surface area (TPSA) is 41.5 Å². The van der Waals surface area contributed by atoms with Crippen LogP contribution in [0.25, 0.3) is 21.5 Å². The highest BCUT2D eigenvalue weighted by atomic mass is 79.9. The summed E-state index contributed by atoms with van der Waals surface area (Å²) in [7, 11) is 0. The Balaban J connectivity index is 1.73. The highest BCUT2D eigenvalue weighted by Crippen LogP contribution is 2.27. The molecule has 0 fully saturated rings. The predicted molar refractivity (Wildman–Crippen MR) is 111 cm³/mol. The molecule has 4 rings (SSSR count). The van der Waals surface area contributed by atoms with Gasteiger partial charge < -0.3 is 0 Å². The molecule has 0 bridgehead atoms.